The van der Waals surface area contributed by atoms with Gasteiger partial charge in [-0.3, -0.25) is 34.2 Å². The Labute approximate surface area is 294 Å². The highest BCUT2D eigenvalue weighted by Gasteiger charge is 2.46. The molecule has 11 nitrogen and oxygen atoms in total. The zero-order valence-electron chi connectivity index (χ0n) is 27.6. The van der Waals surface area contributed by atoms with Gasteiger partial charge in [0, 0.05) is 62.1 Å². The number of carbonyl (C=O) groups excluding carboxylic acids is 5. The topological polar surface area (TPSA) is 134 Å². The Morgan fingerprint density at radius 3 is 2.16 bits per heavy atom. The molecule has 2 atom stereocenters. The van der Waals surface area contributed by atoms with Crippen molar-refractivity contribution in [3.63, 3.8) is 0 Å². The Morgan fingerprint density at radius 2 is 1.56 bits per heavy atom. The van der Waals surface area contributed by atoms with Crippen molar-refractivity contribution in [1.82, 2.24) is 15.1 Å². The maximum atomic E-state index is 13.6. The van der Waals surface area contributed by atoms with Crippen molar-refractivity contribution in [2.24, 2.45) is 5.41 Å². The van der Waals surface area contributed by atoms with Gasteiger partial charge in [-0.25, -0.2) is 0 Å². The van der Waals surface area contributed by atoms with Crippen LogP contribution in [0.5, 0.6) is 0 Å². The third kappa shape index (κ3) is 5.30. The fourth-order valence-corrected chi connectivity index (χ4v) is 8.77. The number of hydrogen-bond donors (Lipinski definition) is 1. The van der Waals surface area contributed by atoms with Crippen molar-refractivity contribution in [3.8, 4) is 6.07 Å². The molecule has 254 valence electrons. The number of rotatable bonds is 4. The average Bonchev–Trinajstić information content (AvgIpc) is 3.75. The lowest BCUT2D eigenvalue weighted by molar-refractivity contribution is -0.136. The molecule has 5 aliphatic heterocycles. The fourth-order valence-electron chi connectivity index (χ4n) is 8.55. The summed E-state index contributed by atoms with van der Waals surface area (Å²) in [5, 5.41) is 12.0. The van der Waals surface area contributed by atoms with E-state index >= 15 is 0 Å². The molecule has 3 aromatic rings. The predicted octanol–water partition coefficient (Wildman–Crippen LogP) is 4.65. The van der Waals surface area contributed by atoms with Crippen molar-refractivity contribution in [2.75, 3.05) is 29.4 Å². The van der Waals surface area contributed by atoms with E-state index < -0.39 is 29.7 Å². The van der Waals surface area contributed by atoms with Gasteiger partial charge in [0.2, 0.25) is 11.8 Å². The molecular formula is C38H35ClN6O5. The third-order valence-corrected chi connectivity index (χ3v) is 11.6. The minimum Gasteiger partial charge on any atom is -0.371 e. The summed E-state index contributed by atoms with van der Waals surface area (Å²) in [6.45, 7) is 5.67. The first kappa shape index (κ1) is 32.0. The summed E-state index contributed by atoms with van der Waals surface area (Å²) in [5.41, 5.74) is 5.45. The van der Waals surface area contributed by atoms with E-state index in [2.05, 4.69) is 28.1 Å². The van der Waals surface area contributed by atoms with Crippen LogP contribution in [0.2, 0.25) is 5.02 Å². The molecule has 3 saturated heterocycles. The Balaban J connectivity index is 0.892. The lowest BCUT2D eigenvalue weighted by Crippen LogP contribution is -2.54. The van der Waals surface area contributed by atoms with E-state index in [4.69, 9.17) is 11.6 Å². The van der Waals surface area contributed by atoms with E-state index in [1.807, 2.05) is 36.4 Å². The van der Waals surface area contributed by atoms with Crippen LogP contribution in [0.15, 0.2) is 54.6 Å². The summed E-state index contributed by atoms with van der Waals surface area (Å²) in [7, 11) is 0. The number of piperidine rings is 2. The van der Waals surface area contributed by atoms with E-state index in [0.29, 0.717) is 35.3 Å². The van der Waals surface area contributed by atoms with E-state index in [9.17, 15) is 29.2 Å². The Bertz CT molecular complexity index is 1990. The Morgan fingerprint density at radius 1 is 0.920 bits per heavy atom. The second kappa shape index (κ2) is 12.0. The Hall–Kier alpha value is -5.21. The maximum absolute atomic E-state index is 13.6. The number of nitriles is 1. The van der Waals surface area contributed by atoms with Crippen molar-refractivity contribution in [3.05, 3.63) is 93.0 Å². The molecule has 0 bridgehead atoms. The van der Waals surface area contributed by atoms with E-state index in [1.165, 1.54) is 0 Å². The van der Waals surface area contributed by atoms with E-state index in [-0.39, 0.29) is 35.3 Å². The molecule has 50 heavy (non-hydrogen) atoms. The number of carbonyl (C=O) groups is 5. The van der Waals surface area contributed by atoms with Gasteiger partial charge in [-0.2, -0.15) is 5.26 Å². The van der Waals surface area contributed by atoms with E-state index in [0.717, 1.165) is 66.3 Å². The molecule has 1 spiro atoms. The van der Waals surface area contributed by atoms with Gasteiger partial charge < -0.3 is 14.7 Å². The molecule has 12 heteroatoms. The molecule has 1 N–H and O–H groups in total. The highest BCUT2D eigenvalue weighted by molar-refractivity contribution is 6.32. The van der Waals surface area contributed by atoms with Crippen molar-refractivity contribution < 1.29 is 24.0 Å². The summed E-state index contributed by atoms with van der Waals surface area (Å²) < 4.78 is 0. The molecule has 0 radical (unpaired) electrons. The molecule has 3 fully saturated rings. The van der Waals surface area contributed by atoms with Crippen molar-refractivity contribution in [1.29, 1.82) is 5.26 Å². The molecule has 5 amide bonds. The second-order valence-corrected chi connectivity index (χ2v) is 14.7. The summed E-state index contributed by atoms with van der Waals surface area (Å²) in [4.78, 5) is 71.6. The van der Waals surface area contributed by atoms with Crippen molar-refractivity contribution >= 4 is 52.5 Å². The molecule has 5 heterocycles. The number of amides is 5. The summed E-state index contributed by atoms with van der Waals surface area (Å²) in [6.07, 6.45) is 3.39. The molecule has 8 rings (SSSR count). The maximum Gasteiger partial charge on any atom is 0.262 e. The predicted molar refractivity (Wildman–Crippen MR) is 185 cm³/mol. The molecule has 3 aromatic carbocycles. The van der Waals surface area contributed by atoms with Crippen LogP contribution < -0.4 is 15.1 Å². The first-order valence-corrected chi connectivity index (χ1v) is 17.4. The van der Waals surface area contributed by atoms with Crippen LogP contribution in [0.25, 0.3) is 0 Å². The molecule has 0 aliphatic carbocycles. The lowest BCUT2D eigenvalue weighted by Gasteiger charge is -2.40. The first-order chi connectivity index (χ1) is 24.0. The number of hydrogen-bond acceptors (Lipinski definition) is 8. The molecule has 1 unspecified atom stereocenters. The fraction of sp³-hybridized carbons (Fsp3) is 0.368. The average molecular weight is 691 g/mol. The van der Waals surface area contributed by atoms with Crippen LogP contribution in [-0.2, 0) is 22.7 Å². The SMILES string of the molecule is C[C@H]1CC2(CCN(c3ccc(C(=O)N4Cc5cc6c(cc5C4)C(=O)N(C4CCC(=O)NC4=O)C6=O)cc3)CC2)CN1c1ccc(C#N)c(Cl)c1. The minimum atomic E-state index is -1.01. The van der Waals surface area contributed by atoms with Crippen molar-refractivity contribution in [2.45, 2.75) is 64.2 Å². The minimum absolute atomic E-state index is 0.0632. The Kier molecular flexibility index (Phi) is 7.68. The van der Waals surface area contributed by atoms with Crippen LogP contribution in [-0.4, -0.2) is 71.1 Å². The number of benzene rings is 3. The largest absolute Gasteiger partial charge is 0.371 e. The van der Waals surface area contributed by atoms with Gasteiger partial charge in [0.25, 0.3) is 17.7 Å². The number of halogens is 1. The van der Waals surface area contributed by atoms with Gasteiger partial charge in [-0.15, -0.1) is 0 Å². The quantitative estimate of drug-likeness (QED) is 0.391. The third-order valence-electron chi connectivity index (χ3n) is 11.2. The van der Waals surface area contributed by atoms with Gasteiger partial charge in [-0.1, -0.05) is 11.6 Å². The second-order valence-electron chi connectivity index (χ2n) is 14.3. The van der Waals surface area contributed by atoms with Gasteiger partial charge >= 0.3 is 0 Å². The van der Waals surface area contributed by atoms with E-state index in [1.54, 1.807) is 23.1 Å². The van der Waals surface area contributed by atoms with Crippen LogP contribution >= 0.6 is 11.6 Å². The highest BCUT2D eigenvalue weighted by Crippen LogP contribution is 2.46. The first-order valence-electron chi connectivity index (χ1n) is 17.0. The normalized spacial score (nSPS) is 22.6. The van der Waals surface area contributed by atoms with Gasteiger partial charge in [0.15, 0.2) is 0 Å². The lowest BCUT2D eigenvalue weighted by atomic mass is 9.76. The summed E-state index contributed by atoms with van der Waals surface area (Å²) >= 11 is 6.35. The van der Waals surface area contributed by atoms with Crippen LogP contribution in [0.4, 0.5) is 11.4 Å². The zero-order chi connectivity index (χ0) is 34.9. The summed E-state index contributed by atoms with van der Waals surface area (Å²) in [5.74, 6) is -2.29. The molecule has 0 saturated carbocycles. The molecule has 5 aliphatic rings. The molecule has 0 aromatic heterocycles. The van der Waals surface area contributed by atoms with Crippen LogP contribution in [0.1, 0.15) is 86.8 Å². The zero-order valence-corrected chi connectivity index (χ0v) is 28.3. The summed E-state index contributed by atoms with van der Waals surface area (Å²) in [6, 6.07) is 18.3. The number of fused-ring (bicyclic) bond motifs is 2. The van der Waals surface area contributed by atoms with Gasteiger partial charge in [0.1, 0.15) is 12.1 Å². The standard InChI is InChI=1S/C38H35ClN6O5/c1-22-17-38(21-44(22)28-7-4-24(18-40)31(39)16-28)10-12-42(13-11-38)27-5-2-23(3-6-27)35(48)43-19-25-14-29-30(15-26(25)20-43)37(50)45(36(29)49)32-8-9-33(46)41-34(32)47/h2-7,14-16,22,32H,8-13,17,19-21H2,1H3,(H,41,46,47)/t22-,32?/m0/s1. The number of nitrogens with one attached hydrogen (secondary N) is 1. The van der Waals surface area contributed by atoms with Gasteiger partial charge in [-0.05, 0) is 104 Å². The number of imide groups is 2. The van der Waals surface area contributed by atoms with Gasteiger partial charge in [0.05, 0.1) is 21.7 Å². The smallest absolute Gasteiger partial charge is 0.262 e. The highest BCUT2D eigenvalue weighted by atomic mass is 35.5. The number of nitrogens with zero attached hydrogens (tertiary/aromatic N) is 5. The van der Waals surface area contributed by atoms with Crippen LogP contribution in [0, 0.1) is 16.7 Å². The molecular weight excluding hydrogens is 656 g/mol. The monoisotopic (exact) mass is 690 g/mol. The number of anilines is 2. The van der Waals surface area contributed by atoms with Crippen LogP contribution in [0.3, 0.4) is 0 Å².